The molecule has 1 unspecified atom stereocenters. The van der Waals surface area contributed by atoms with E-state index < -0.39 is 17.8 Å². The van der Waals surface area contributed by atoms with Crippen LogP contribution in [-0.2, 0) is 12.6 Å². The standard InChI is InChI=1S/C13H11BrClF3N2S/c14-10-3-1-7(5-9(10)13(16,17)18)11(20-19)6-8-2-4-12(15)21-8/h1-5,11,20H,6,19H2. The summed E-state index contributed by atoms with van der Waals surface area (Å²) < 4.78 is 39.4. The summed E-state index contributed by atoms with van der Waals surface area (Å²) in [7, 11) is 0. The first-order chi connectivity index (χ1) is 9.81. The molecule has 0 radical (unpaired) electrons. The van der Waals surface area contributed by atoms with Gasteiger partial charge in [0, 0.05) is 15.8 Å². The van der Waals surface area contributed by atoms with E-state index in [2.05, 4.69) is 21.4 Å². The predicted molar refractivity (Wildman–Crippen MR) is 82.2 cm³/mol. The van der Waals surface area contributed by atoms with Crippen molar-refractivity contribution in [1.82, 2.24) is 5.43 Å². The van der Waals surface area contributed by atoms with E-state index in [4.69, 9.17) is 17.4 Å². The minimum atomic E-state index is -4.42. The lowest BCUT2D eigenvalue weighted by Gasteiger charge is -2.18. The molecule has 8 heteroatoms. The van der Waals surface area contributed by atoms with Crippen LogP contribution >= 0.6 is 38.9 Å². The molecule has 2 rings (SSSR count). The van der Waals surface area contributed by atoms with Crippen LogP contribution in [0.3, 0.4) is 0 Å². The van der Waals surface area contributed by atoms with Crippen molar-refractivity contribution >= 4 is 38.9 Å². The maximum atomic E-state index is 12.9. The average Bonchev–Trinajstić information content (AvgIpc) is 2.81. The summed E-state index contributed by atoms with van der Waals surface area (Å²) in [6, 6.07) is 7.25. The van der Waals surface area contributed by atoms with Crippen LogP contribution in [0.25, 0.3) is 0 Å². The van der Waals surface area contributed by atoms with Crippen LogP contribution in [0.4, 0.5) is 13.2 Å². The fraction of sp³-hybridized carbons (Fsp3) is 0.231. The zero-order valence-corrected chi connectivity index (χ0v) is 13.7. The van der Waals surface area contributed by atoms with E-state index >= 15 is 0 Å². The zero-order valence-electron chi connectivity index (χ0n) is 10.5. The number of halogens is 5. The fourth-order valence-corrected chi connectivity index (χ4v) is 3.52. The van der Waals surface area contributed by atoms with Crippen LogP contribution in [-0.4, -0.2) is 0 Å². The van der Waals surface area contributed by atoms with E-state index in [1.807, 2.05) is 6.07 Å². The van der Waals surface area contributed by atoms with Crippen molar-refractivity contribution in [3.05, 3.63) is 55.1 Å². The van der Waals surface area contributed by atoms with E-state index in [-0.39, 0.29) is 4.47 Å². The second kappa shape index (κ2) is 6.66. The summed E-state index contributed by atoms with van der Waals surface area (Å²) in [6.07, 6.45) is -3.95. The first-order valence-corrected chi connectivity index (χ1v) is 7.87. The van der Waals surface area contributed by atoms with E-state index in [1.54, 1.807) is 12.1 Å². The summed E-state index contributed by atoms with van der Waals surface area (Å²) in [5, 5.41) is 0. The molecular formula is C13H11BrClF3N2S. The first-order valence-electron chi connectivity index (χ1n) is 5.88. The third-order valence-electron chi connectivity index (χ3n) is 2.93. The summed E-state index contributed by atoms with van der Waals surface area (Å²) in [6.45, 7) is 0. The largest absolute Gasteiger partial charge is 0.417 e. The quantitative estimate of drug-likeness (QED) is 0.565. The maximum Gasteiger partial charge on any atom is 0.417 e. The van der Waals surface area contributed by atoms with E-state index in [9.17, 15) is 13.2 Å². The Labute approximate surface area is 137 Å². The molecule has 1 atom stereocenters. The Balaban J connectivity index is 2.30. The summed E-state index contributed by atoms with van der Waals surface area (Å²) in [5.74, 6) is 5.49. The molecule has 114 valence electrons. The summed E-state index contributed by atoms with van der Waals surface area (Å²) >= 11 is 10.1. The monoisotopic (exact) mass is 398 g/mol. The molecule has 21 heavy (non-hydrogen) atoms. The van der Waals surface area contributed by atoms with Crippen molar-refractivity contribution in [2.45, 2.75) is 18.6 Å². The second-order valence-electron chi connectivity index (χ2n) is 4.37. The van der Waals surface area contributed by atoms with Crippen LogP contribution in [0.15, 0.2) is 34.8 Å². The van der Waals surface area contributed by atoms with Gasteiger partial charge in [0.2, 0.25) is 0 Å². The highest BCUT2D eigenvalue weighted by molar-refractivity contribution is 9.10. The van der Waals surface area contributed by atoms with Crippen LogP contribution < -0.4 is 11.3 Å². The van der Waals surface area contributed by atoms with Crippen molar-refractivity contribution in [2.24, 2.45) is 5.84 Å². The van der Waals surface area contributed by atoms with Gasteiger partial charge in [-0.1, -0.05) is 33.6 Å². The molecule has 0 fully saturated rings. The Morgan fingerprint density at radius 2 is 2.00 bits per heavy atom. The SMILES string of the molecule is NNC(Cc1ccc(Cl)s1)c1ccc(Br)c(C(F)(F)F)c1. The van der Waals surface area contributed by atoms with Gasteiger partial charge in [0.25, 0.3) is 0 Å². The van der Waals surface area contributed by atoms with Crippen molar-refractivity contribution in [2.75, 3.05) is 0 Å². The molecular weight excluding hydrogens is 389 g/mol. The molecule has 3 N–H and O–H groups in total. The van der Waals surface area contributed by atoms with Gasteiger partial charge in [-0.15, -0.1) is 11.3 Å². The lowest BCUT2D eigenvalue weighted by Crippen LogP contribution is -2.29. The van der Waals surface area contributed by atoms with E-state index in [0.717, 1.165) is 10.9 Å². The number of benzene rings is 1. The molecule has 0 aliphatic carbocycles. The number of alkyl halides is 3. The van der Waals surface area contributed by atoms with Gasteiger partial charge in [0.15, 0.2) is 0 Å². The van der Waals surface area contributed by atoms with Crippen molar-refractivity contribution in [3.8, 4) is 0 Å². The number of hydrogen-bond acceptors (Lipinski definition) is 3. The molecule has 0 spiro atoms. The van der Waals surface area contributed by atoms with Crippen molar-refractivity contribution in [3.63, 3.8) is 0 Å². The van der Waals surface area contributed by atoms with Gasteiger partial charge in [-0.2, -0.15) is 13.2 Å². The highest BCUT2D eigenvalue weighted by Crippen LogP contribution is 2.37. The summed E-state index contributed by atoms with van der Waals surface area (Å²) in [5.41, 5.74) is 2.31. The number of hydrogen-bond donors (Lipinski definition) is 2. The normalized spacial score (nSPS) is 13.4. The van der Waals surface area contributed by atoms with E-state index in [1.165, 1.54) is 17.4 Å². The third-order valence-corrected chi connectivity index (χ3v) is 4.88. The number of nitrogens with one attached hydrogen (secondary N) is 1. The van der Waals surface area contributed by atoms with Gasteiger partial charge in [-0.05, 0) is 29.8 Å². The van der Waals surface area contributed by atoms with Crippen LogP contribution in [0.1, 0.15) is 22.0 Å². The highest BCUT2D eigenvalue weighted by Gasteiger charge is 2.33. The number of hydrazine groups is 1. The molecule has 2 nitrogen and oxygen atoms in total. The molecule has 2 aromatic rings. The van der Waals surface area contributed by atoms with Crippen LogP contribution in [0, 0.1) is 0 Å². The minimum Gasteiger partial charge on any atom is -0.271 e. The Kier molecular flexibility index (Phi) is 5.32. The van der Waals surface area contributed by atoms with Crippen molar-refractivity contribution < 1.29 is 13.2 Å². The average molecular weight is 400 g/mol. The third kappa shape index (κ3) is 4.20. The Hall–Kier alpha value is -0.600. The van der Waals surface area contributed by atoms with Gasteiger partial charge in [0.1, 0.15) is 0 Å². The Morgan fingerprint density at radius 1 is 1.29 bits per heavy atom. The highest BCUT2D eigenvalue weighted by atomic mass is 79.9. The molecule has 0 saturated heterocycles. The molecule has 0 aliphatic heterocycles. The molecule has 0 amide bonds. The minimum absolute atomic E-state index is 0.00805. The fourth-order valence-electron chi connectivity index (χ4n) is 1.91. The second-order valence-corrected chi connectivity index (χ2v) is 7.02. The molecule has 1 heterocycles. The topological polar surface area (TPSA) is 38.0 Å². The number of rotatable bonds is 4. The Morgan fingerprint density at radius 3 is 2.52 bits per heavy atom. The van der Waals surface area contributed by atoms with Crippen LogP contribution in [0.2, 0.25) is 4.34 Å². The molecule has 0 saturated carbocycles. The lowest BCUT2D eigenvalue weighted by atomic mass is 10.0. The molecule has 1 aromatic carbocycles. The van der Waals surface area contributed by atoms with Gasteiger partial charge in [-0.25, -0.2) is 0 Å². The van der Waals surface area contributed by atoms with E-state index in [0.29, 0.717) is 16.3 Å². The molecule has 1 aromatic heterocycles. The van der Waals surface area contributed by atoms with Gasteiger partial charge in [-0.3, -0.25) is 11.3 Å². The first kappa shape index (κ1) is 16.8. The summed E-state index contributed by atoms with van der Waals surface area (Å²) in [4.78, 5) is 0.944. The van der Waals surface area contributed by atoms with Gasteiger partial charge in [0.05, 0.1) is 15.9 Å². The smallest absolute Gasteiger partial charge is 0.271 e. The van der Waals surface area contributed by atoms with Crippen molar-refractivity contribution in [1.29, 1.82) is 0 Å². The predicted octanol–water partition coefficient (Wildman–Crippen LogP) is 4.93. The number of thiophene rings is 1. The number of nitrogens with two attached hydrogens (primary N) is 1. The zero-order chi connectivity index (χ0) is 15.6. The molecule has 0 bridgehead atoms. The Bertz CT molecular complexity index is 630. The van der Waals surface area contributed by atoms with Gasteiger partial charge < -0.3 is 0 Å². The molecule has 0 aliphatic rings. The lowest BCUT2D eigenvalue weighted by molar-refractivity contribution is -0.138. The van der Waals surface area contributed by atoms with Gasteiger partial charge >= 0.3 is 6.18 Å². The maximum absolute atomic E-state index is 12.9. The van der Waals surface area contributed by atoms with Crippen LogP contribution in [0.5, 0.6) is 0 Å².